The van der Waals surface area contributed by atoms with Gasteiger partial charge in [-0.15, -0.1) is 24.0 Å². The van der Waals surface area contributed by atoms with Crippen LogP contribution in [0.25, 0.3) is 0 Å². The molecule has 1 unspecified atom stereocenters. The minimum absolute atomic E-state index is 0. The average molecular weight is 449 g/mol. The van der Waals surface area contributed by atoms with Crippen LogP contribution in [0, 0.1) is 0 Å². The molecule has 1 aromatic rings. The molecule has 1 N–H and O–H groups in total. The van der Waals surface area contributed by atoms with Crippen molar-refractivity contribution in [3.8, 4) is 0 Å². The molecule has 2 heterocycles. The van der Waals surface area contributed by atoms with Crippen LogP contribution in [-0.2, 0) is 0 Å². The summed E-state index contributed by atoms with van der Waals surface area (Å²) in [6, 6.07) is 6.09. The number of thioether (sulfide) groups is 1. The van der Waals surface area contributed by atoms with E-state index in [1.54, 1.807) is 0 Å². The fraction of sp³-hybridized carbons (Fsp3) is 0.625. The average Bonchev–Trinajstić information content (AvgIpc) is 2.59. The quantitative estimate of drug-likeness (QED) is 0.425. The van der Waals surface area contributed by atoms with Gasteiger partial charge in [-0.25, -0.2) is 4.98 Å². The maximum Gasteiger partial charge on any atom is 0.194 e. The predicted octanol–water partition coefficient (Wildman–Crippen LogP) is 2.54. The first-order valence-corrected chi connectivity index (χ1v) is 9.25. The molecule has 0 radical (unpaired) electrons. The second-order valence-corrected chi connectivity index (χ2v) is 6.68. The molecule has 0 aliphatic carbocycles. The fourth-order valence-corrected chi connectivity index (χ4v) is 2.63. The topological polar surface area (TPSA) is 43.8 Å². The number of pyridine rings is 1. The van der Waals surface area contributed by atoms with E-state index in [1.165, 1.54) is 0 Å². The van der Waals surface area contributed by atoms with Crippen molar-refractivity contribution in [3.63, 3.8) is 0 Å². The maximum atomic E-state index is 4.78. The lowest BCUT2D eigenvalue weighted by atomic mass is 10.3. The smallest absolute Gasteiger partial charge is 0.194 e. The number of aromatic nitrogens is 1. The lowest BCUT2D eigenvalue weighted by Crippen LogP contribution is -2.52. The first kappa shape index (κ1) is 20.3. The van der Waals surface area contributed by atoms with E-state index in [4.69, 9.17) is 4.99 Å². The Hall–Kier alpha value is -0.700. The predicted molar refractivity (Wildman–Crippen MR) is 112 cm³/mol. The van der Waals surface area contributed by atoms with E-state index < -0.39 is 0 Å². The zero-order valence-electron chi connectivity index (χ0n) is 14.2. The lowest BCUT2D eigenvalue weighted by molar-refractivity contribution is 0.371. The first-order chi connectivity index (χ1) is 10.7. The number of anilines is 1. The van der Waals surface area contributed by atoms with E-state index in [0.29, 0.717) is 5.25 Å². The van der Waals surface area contributed by atoms with Crippen LogP contribution in [0.5, 0.6) is 0 Å². The molecule has 0 saturated carbocycles. The van der Waals surface area contributed by atoms with Crippen LogP contribution in [0.4, 0.5) is 5.82 Å². The number of hydrogen-bond acceptors (Lipinski definition) is 4. The van der Waals surface area contributed by atoms with Crippen molar-refractivity contribution < 1.29 is 0 Å². The maximum absolute atomic E-state index is 4.78. The summed E-state index contributed by atoms with van der Waals surface area (Å²) in [4.78, 5) is 13.9. The zero-order valence-corrected chi connectivity index (χ0v) is 17.4. The number of aliphatic imine (C=N–C) groups is 1. The normalized spacial score (nSPS) is 16.7. The third kappa shape index (κ3) is 6.37. The number of halogens is 1. The van der Waals surface area contributed by atoms with Crippen LogP contribution in [0.3, 0.4) is 0 Å². The molecule has 2 rings (SSSR count). The molecule has 0 spiro atoms. The Morgan fingerprint density at radius 1 is 1.35 bits per heavy atom. The van der Waals surface area contributed by atoms with Gasteiger partial charge >= 0.3 is 0 Å². The number of nitrogens with one attached hydrogen (secondary N) is 1. The second-order valence-electron chi connectivity index (χ2n) is 5.40. The fourth-order valence-electron chi connectivity index (χ4n) is 2.40. The Labute approximate surface area is 161 Å². The molecule has 0 amide bonds. The van der Waals surface area contributed by atoms with Crippen LogP contribution in [0.1, 0.15) is 13.8 Å². The minimum Gasteiger partial charge on any atom is -0.357 e. The SMILES string of the molecule is CCNC(=NCC(C)SC)N1CCN(c2ccccn2)CC1.I. The number of nitrogens with zero attached hydrogens (tertiary/aromatic N) is 4. The Morgan fingerprint density at radius 2 is 2.09 bits per heavy atom. The van der Waals surface area contributed by atoms with E-state index in [0.717, 1.165) is 51.0 Å². The summed E-state index contributed by atoms with van der Waals surface area (Å²) in [5.74, 6) is 2.11. The molecule has 1 fully saturated rings. The summed E-state index contributed by atoms with van der Waals surface area (Å²) >= 11 is 1.86. The Balaban J connectivity index is 0.00000264. The molecule has 7 heteroatoms. The van der Waals surface area contributed by atoms with Crippen molar-refractivity contribution in [2.45, 2.75) is 19.1 Å². The van der Waals surface area contributed by atoms with Gasteiger partial charge in [0, 0.05) is 44.2 Å². The van der Waals surface area contributed by atoms with E-state index in [-0.39, 0.29) is 24.0 Å². The van der Waals surface area contributed by atoms with Crippen molar-refractivity contribution in [2.75, 3.05) is 50.4 Å². The van der Waals surface area contributed by atoms with Gasteiger partial charge in [0.2, 0.25) is 0 Å². The molecule has 130 valence electrons. The summed E-state index contributed by atoms with van der Waals surface area (Å²) in [6.45, 7) is 10.1. The van der Waals surface area contributed by atoms with Crippen molar-refractivity contribution in [3.05, 3.63) is 24.4 Å². The summed E-state index contributed by atoms with van der Waals surface area (Å²) in [5, 5.41) is 3.98. The Kier molecular flexibility index (Phi) is 9.69. The molecule has 1 atom stereocenters. The van der Waals surface area contributed by atoms with Crippen LogP contribution >= 0.6 is 35.7 Å². The highest BCUT2D eigenvalue weighted by atomic mass is 127. The third-order valence-corrected chi connectivity index (χ3v) is 4.74. The first-order valence-electron chi connectivity index (χ1n) is 7.96. The van der Waals surface area contributed by atoms with Gasteiger partial charge in [-0.2, -0.15) is 11.8 Å². The zero-order chi connectivity index (χ0) is 15.8. The van der Waals surface area contributed by atoms with Crippen LogP contribution < -0.4 is 10.2 Å². The highest BCUT2D eigenvalue weighted by Gasteiger charge is 2.20. The molecule has 1 saturated heterocycles. The number of hydrogen-bond donors (Lipinski definition) is 1. The highest BCUT2D eigenvalue weighted by Crippen LogP contribution is 2.13. The number of rotatable bonds is 5. The van der Waals surface area contributed by atoms with Crippen LogP contribution in [0.15, 0.2) is 29.4 Å². The van der Waals surface area contributed by atoms with Gasteiger partial charge in [0.15, 0.2) is 5.96 Å². The minimum atomic E-state index is 0. The van der Waals surface area contributed by atoms with Crippen LogP contribution in [-0.4, -0.2) is 66.6 Å². The molecule has 1 aromatic heterocycles. The second kappa shape index (κ2) is 11.0. The molecule has 1 aliphatic heterocycles. The molecule has 5 nitrogen and oxygen atoms in total. The monoisotopic (exact) mass is 449 g/mol. The van der Waals surface area contributed by atoms with Gasteiger partial charge in [-0.1, -0.05) is 13.0 Å². The summed E-state index contributed by atoms with van der Waals surface area (Å²) in [6.07, 6.45) is 4.00. The lowest BCUT2D eigenvalue weighted by Gasteiger charge is -2.37. The summed E-state index contributed by atoms with van der Waals surface area (Å²) in [5.41, 5.74) is 0. The Morgan fingerprint density at radius 3 is 2.65 bits per heavy atom. The largest absolute Gasteiger partial charge is 0.357 e. The van der Waals surface area contributed by atoms with Gasteiger partial charge in [-0.05, 0) is 25.3 Å². The van der Waals surface area contributed by atoms with E-state index in [2.05, 4.69) is 46.3 Å². The van der Waals surface area contributed by atoms with Crippen molar-refractivity contribution in [2.24, 2.45) is 4.99 Å². The van der Waals surface area contributed by atoms with Crippen molar-refractivity contribution >= 4 is 47.5 Å². The summed E-state index contributed by atoms with van der Waals surface area (Å²) < 4.78 is 0. The van der Waals surface area contributed by atoms with Gasteiger partial charge in [0.1, 0.15) is 5.82 Å². The highest BCUT2D eigenvalue weighted by molar-refractivity contribution is 14.0. The summed E-state index contributed by atoms with van der Waals surface area (Å²) in [7, 11) is 0. The van der Waals surface area contributed by atoms with Gasteiger partial charge in [0.25, 0.3) is 0 Å². The molecule has 1 aliphatic rings. The Bertz CT molecular complexity index is 463. The number of piperazine rings is 1. The molecular formula is C16H28IN5S. The molecule has 23 heavy (non-hydrogen) atoms. The van der Waals surface area contributed by atoms with Crippen molar-refractivity contribution in [1.82, 2.24) is 15.2 Å². The molecule has 0 aromatic carbocycles. The standard InChI is InChI=1S/C16H27N5S.HI/c1-4-17-16(19-13-14(2)22-3)21-11-9-20(10-12-21)15-7-5-6-8-18-15;/h5-8,14H,4,9-13H2,1-3H3,(H,17,19);1H. The molecular weight excluding hydrogens is 421 g/mol. The molecule has 0 bridgehead atoms. The van der Waals surface area contributed by atoms with Gasteiger partial charge in [-0.3, -0.25) is 4.99 Å². The van der Waals surface area contributed by atoms with Gasteiger partial charge in [0.05, 0.1) is 6.54 Å². The number of guanidine groups is 1. The van der Waals surface area contributed by atoms with E-state index >= 15 is 0 Å². The third-order valence-electron chi connectivity index (χ3n) is 3.79. The van der Waals surface area contributed by atoms with E-state index in [1.807, 2.05) is 30.1 Å². The van der Waals surface area contributed by atoms with E-state index in [9.17, 15) is 0 Å². The van der Waals surface area contributed by atoms with Crippen molar-refractivity contribution in [1.29, 1.82) is 0 Å². The van der Waals surface area contributed by atoms with Crippen LogP contribution in [0.2, 0.25) is 0 Å². The van der Waals surface area contributed by atoms with Gasteiger partial charge < -0.3 is 15.1 Å².